The van der Waals surface area contributed by atoms with Gasteiger partial charge in [-0.2, -0.15) is 0 Å². The predicted octanol–water partition coefficient (Wildman–Crippen LogP) is 1.74. The van der Waals surface area contributed by atoms with Crippen LogP contribution in [0.25, 0.3) is 0 Å². The number of aromatic nitrogens is 3. The van der Waals surface area contributed by atoms with Crippen LogP contribution in [0.2, 0.25) is 0 Å². The average molecular weight is 353 g/mol. The second-order valence-electron chi connectivity index (χ2n) is 6.89. The molecule has 0 radical (unpaired) electrons. The first-order valence-corrected chi connectivity index (χ1v) is 9.10. The minimum atomic E-state index is -0.0673. The third-order valence-corrected chi connectivity index (χ3v) is 5.22. The van der Waals surface area contributed by atoms with Crippen molar-refractivity contribution in [2.45, 2.75) is 25.5 Å². The molecule has 136 valence electrons. The van der Waals surface area contributed by atoms with Crippen LogP contribution in [0.3, 0.4) is 0 Å². The first-order valence-electron chi connectivity index (χ1n) is 9.10. The Balaban J connectivity index is 1.43. The average Bonchev–Trinajstić information content (AvgIpc) is 2.69. The third kappa shape index (κ3) is 3.89. The Morgan fingerprint density at radius 1 is 1.23 bits per heavy atom. The number of carbonyl (C=O) groups is 1. The van der Waals surface area contributed by atoms with Crippen molar-refractivity contribution >= 4 is 11.7 Å². The van der Waals surface area contributed by atoms with E-state index in [9.17, 15) is 4.79 Å². The molecular formula is C19H23N5O2. The molecular weight excluding hydrogens is 330 g/mol. The van der Waals surface area contributed by atoms with Crippen LogP contribution in [-0.4, -0.2) is 51.6 Å². The molecule has 4 heterocycles. The minimum absolute atomic E-state index is 0.0171. The van der Waals surface area contributed by atoms with E-state index >= 15 is 0 Å². The van der Waals surface area contributed by atoms with E-state index in [1.165, 1.54) is 0 Å². The van der Waals surface area contributed by atoms with Crippen molar-refractivity contribution in [2.75, 3.05) is 25.0 Å². The van der Waals surface area contributed by atoms with Gasteiger partial charge in [0.05, 0.1) is 18.0 Å². The van der Waals surface area contributed by atoms with E-state index < -0.39 is 0 Å². The number of ether oxygens (including phenoxy) is 1. The summed E-state index contributed by atoms with van der Waals surface area (Å²) < 4.78 is 5.96. The summed E-state index contributed by atoms with van der Waals surface area (Å²) in [5, 5.41) is 2.91. The van der Waals surface area contributed by atoms with Gasteiger partial charge < -0.3 is 10.1 Å². The molecule has 7 nitrogen and oxygen atoms in total. The van der Waals surface area contributed by atoms with Gasteiger partial charge in [-0.25, -0.2) is 4.98 Å². The number of nitrogens with one attached hydrogen (secondary N) is 1. The van der Waals surface area contributed by atoms with Crippen LogP contribution in [0.15, 0.2) is 43.0 Å². The normalized spacial score (nSPS) is 26.1. The topological polar surface area (TPSA) is 80.2 Å². The Morgan fingerprint density at radius 3 is 3.00 bits per heavy atom. The number of rotatable bonds is 4. The van der Waals surface area contributed by atoms with Crippen molar-refractivity contribution in [3.63, 3.8) is 0 Å². The molecule has 1 amide bonds. The summed E-state index contributed by atoms with van der Waals surface area (Å²) in [5.41, 5.74) is 1.06. The lowest BCUT2D eigenvalue weighted by Crippen LogP contribution is -2.52. The van der Waals surface area contributed by atoms with E-state index in [0.29, 0.717) is 12.4 Å². The number of amides is 1. The molecule has 2 saturated heterocycles. The van der Waals surface area contributed by atoms with Crippen molar-refractivity contribution in [2.24, 2.45) is 11.8 Å². The maximum Gasteiger partial charge on any atom is 0.229 e. The first kappa shape index (κ1) is 17.1. The van der Waals surface area contributed by atoms with Gasteiger partial charge in [-0.1, -0.05) is 6.07 Å². The van der Waals surface area contributed by atoms with Gasteiger partial charge in [-0.15, -0.1) is 0 Å². The summed E-state index contributed by atoms with van der Waals surface area (Å²) in [6.07, 6.45) is 8.42. The Labute approximate surface area is 152 Å². The third-order valence-electron chi connectivity index (χ3n) is 5.22. The van der Waals surface area contributed by atoms with E-state index in [1.54, 1.807) is 18.6 Å². The van der Waals surface area contributed by atoms with E-state index in [4.69, 9.17) is 4.74 Å². The molecule has 0 bridgehead atoms. The molecule has 0 saturated carbocycles. The van der Waals surface area contributed by atoms with E-state index in [1.807, 2.05) is 24.4 Å². The second kappa shape index (κ2) is 7.88. The summed E-state index contributed by atoms with van der Waals surface area (Å²) >= 11 is 0. The van der Waals surface area contributed by atoms with Crippen LogP contribution in [0.1, 0.15) is 18.5 Å². The minimum Gasteiger partial charge on any atom is -0.378 e. The van der Waals surface area contributed by atoms with Crippen molar-refractivity contribution in [3.05, 3.63) is 48.7 Å². The van der Waals surface area contributed by atoms with Gasteiger partial charge in [0.25, 0.3) is 0 Å². The number of pyridine rings is 1. The van der Waals surface area contributed by atoms with Gasteiger partial charge in [0.2, 0.25) is 5.91 Å². The Kier molecular flexibility index (Phi) is 5.17. The summed E-state index contributed by atoms with van der Waals surface area (Å²) in [6, 6.07) is 5.98. The van der Waals surface area contributed by atoms with Gasteiger partial charge in [0.1, 0.15) is 0 Å². The first-order chi connectivity index (χ1) is 12.8. The van der Waals surface area contributed by atoms with Crippen LogP contribution < -0.4 is 5.32 Å². The molecule has 0 aliphatic carbocycles. The van der Waals surface area contributed by atoms with Gasteiger partial charge in [0, 0.05) is 56.7 Å². The lowest BCUT2D eigenvalue weighted by molar-refractivity contribution is -0.137. The van der Waals surface area contributed by atoms with Crippen molar-refractivity contribution < 1.29 is 9.53 Å². The highest BCUT2D eigenvalue weighted by Gasteiger charge is 2.41. The number of likely N-dealkylation sites (tertiary alicyclic amines) is 1. The summed E-state index contributed by atoms with van der Waals surface area (Å²) in [6.45, 7) is 3.26. The number of fused-ring (bicyclic) bond motifs is 1. The molecule has 3 atom stereocenters. The highest BCUT2D eigenvalue weighted by atomic mass is 16.5. The number of piperidine rings is 1. The number of anilines is 1. The smallest absolute Gasteiger partial charge is 0.229 e. The number of carbonyl (C=O) groups excluding carboxylic acids is 1. The van der Waals surface area contributed by atoms with Crippen molar-refractivity contribution in [3.8, 4) is 0 Å². The maximum atomic E-state index is 12.8. The fourth-order valence-corrected chi connectivity index (χ4v) is 3.96. The van der Waals surface area contributed by atoms with Crippen LogP contribution in [0, 0.1) is 11.8 Å². The molecule has 0 aromatic carbocycles. The molecule has 2 aliphatic heterocycles. The van der Waals surface area contributed by atoms with Gasteiger partial charge in [0.15, 0.2) is 5.82 Å². The second-order valence-corrected chi connectivity index (χ2v) is 6.89. The Hall–Kier alpha value is -2.38. The number of hydrogen-bond acceptors (Lipinski definition) is 6. The molecule has 26 heavy (non-hydrogen) atoms. The predicted molar refractivity (Wildman–Crippen MR) is 96.1 cm³/mol. The quantitative estimate of drug-likeness (QED) is 0.902. The van der Waals surface area contributed by atoms with Crippen molar-refractivity contribution in [1.29, 1.82) is 0 Å². The fraction of sp³-hybridized carbons (Fsp3) is 0.474. The monoisotopic (exact) mass is 353 g/mol. The van der Waals surface area contributed by atoms with Gasteiger partial charge in [-0.3, -0.25) is 19.7 Å². The molecule has 4 rings (SSSR count). The van der Waals surface area contributed by atoms with Crippen LogP contribution >= 0.6 is 0 Å². The standard InChI is InChI=1S/C19H23N5O2/c25-19(23-18-11-20-7-8-22-18)15-5-10-26-17-4-9-24(13-16(15)17)12-14-3-1-2-6-21-14/h1-3,6-8,11,15-17H,4-5,9-10,12-13H2,(H,22,23,25)/t15-,16+,17-/m1/s1. The lowest BCUT2D eigenvalue weighted by atomic mass is 9.79. The fourth-order valence-electron chi connectivity index (χ4n) is 3.96. The zero-order chi connectivity index (χ0) is 17.8. The van der Waals surface area contributed by atoms with Gasteiger partial charge >= 0.3 is 0 Å². The van der Waals surface area contributed by atoms with Crippen LogP contribution in [-0.2, 0) is 16.1 Å². The Bertz CT molecular complexity index is 727. The number of hydrogen-bond donors (Lipinski definition) is 1. The molecule has 1 N–H and O–H groups in total. The summed E-state index contributed by atoms with van der Waals surface area (Å²) in [7, 11) is 0. The van der Waals surface area contributed by atoms with Gasteiger partial charge in [-0.05, 0) is 25.0 Å². The van der Waals surface area contributed by atoms with E-state index in [2.05, 4.69) is 25.2 Å². The molecule has 7 heteroatoms. The van der Waals surface area contributed by atoms with Crippen LogP contribution in [0.4, 0.5) is 5.82 Å². The lowest BCUT2D eigenvalue weighted by Gasteiger charge is -2.44. The highest BCUT2D eigenvalue weighted by molar-refractivity contribution is 5.91. The number of nitrogens with zero attached hydrogens (tertiary/aromatic N) is 4. The molecule has 0 spiro atoms. The summed E-state index contributed by atoms with van der Waals surface area (Å²) in [5.74, 6) is 0.644. The molecule has 2 aromatic rings. The Morgan fingerprint density at radius 2 is 2.19 bits per heavy atom. The molecule has 0 unspecified atom stereocenters. The molecule has 2 aliphatic rings. The van der Waals surface area contributed by atoms with E-state index in [0.717, 1.165) is 38.2 Å². The SMILES string of the molecule is O=C(Nc1cnccn1)[C@@H]1CCO[C@@H]2CCN(Cc3ccccn3)C[C@H]21. The van der Waals surface area contributed by atoms with Crippen LogP contribution in [0.5, 0.6) is 0 Å². The maximum absolute atomic E-state index is 12.8. The molecule has 2 fully saturated rings. The zero-order valence-electron chi connectivity index (χ0n) is 14.6. The molecule has 2 aromatic heterocycles. The van der Waals surface area contributed by atoms with E-state index in [-0.39, 0.29) is 23.8 Å². The van der Waals surface area contributed by atoms with Crippen molar-refractivity contribution in [1.82, 2.24) is 19.9 Å². The highest BCUT2D eigenvalue weighted by Crippen LogP contribution is 2.34. The largest absolute Gasteiger partial charge is 0.378 e. The summed E-state index contributed by atoms with van der Waals surface area (Å²) in [4.78, 5) is 27.8. The zero-order valence-corrected chi connectivity index (χ0v) is 14.6.